The molecule has 1 spiro atoms. The van der Waals surface area contributed by atoms with Crippen LogP contribution in [0.15, 0.2) is 53.9 Å². The molecule has 10 nitrogen and oxygen atoms in total. The van der Waals surface area contributed by atoms with E-state index in [-0.39, 0.29) is 19.0 Å². The first-order valence-electron chi connectivity index (χ1n) is 14.1. The molecule has 2 atom stereocenters. The van der Waals surface area contributed by atoms with Crippen LogP contribution < -0.4 is 16.4 Å². The fourth-order valence-corrected chi connectivity index (χ4v) is 6.10. The van der Waals surface area contributed by atoms with Crippen molar-refractivity contribution in [1.29, 1.82) is 5.41 Å². The lowest BCUT2D eigenvalue weighted by molar-refractivity contribution is -0.152. The van der Waals surface area contributed by atoms with Crippen LogP contribution in [0.2, 0.25) is 0 Å². The number of rotatable bonds is 6. The summed E-state index contributed by atoms with van der Waals surface area (Å²) in [5.74, 6) is -1.15. The van der Waals surface area contributed by atoms with Gasteiger partial charge in [0.05, 0.1) is 38.7 Å². The molecule has 0 radical (unpaired) electrons. The number of benzene rings is 2. The van der Waals surface area contributed by atoms with E-state index >= 15 is 0 Å². The average molecular weight is 626 g/mol. The smallest absolute Gasteiger partial charge is 0.242 e. The third-order valence-corrected chi connectivity index (χ3v) is 8.16. The number of aldehydes is 1. The normalized spacial score (nSPS) is 18.3. The topological polar surface area (TPSA) is 147 Å². The van der Waals surface area contributed by atoms with Crippen molar-refractivity contribution in [3.63, 3.8) is 0 Å². The lowest BCUT2D eigenvalue weighted by Gasteiger charge is -2.22. The van der Waals surface area contributed by atoms with E-state index in [2.05, 4.69) is 40.8 Å². The molecule has 6 rings (SSSR count). The van der Waals surface area contributed by atoms with E-state index in [1.165, 1.54) is 20.9 Å². The first kappa shape index (κ1) is 34.5. The third-order valence-electron chi connectivity index (χ3n) is 7.10. The highest BCUT2D eigenvalue weighted by Crippen LogP contribution is 2.45. The molecule has 1 aromatic heterocycles. The van der Waals surface area contributed by atoms with Crippen molar-refractivity contribution in [3.05, 3.63) is 81.0 Å². The van der Waals surface area contributed by atoms with Crippen LogP contribution in [0.25, 0.3) is 11.1 Å². The number of ether oxygens (including phenoxy) is 2. The summed E-state index contributed by atoms with van der Waals surface area (Å²) >= 11 is 1.81. The summed E-state index contributed by atoms with van der Waals surface area (Å²) in [5, 5.41) is 13.4. The van der Waals surface area contributed by atoms with Gasteiger partial charge in [-0.15, -0.1) is 11.3 Å². The zero-order valence-electron chi connectivity index (χ0n) is 25.2. The SMILES string of the molecule is CNCc1cc(C)cs1.Cc1ccc2c(c1)-c1ccccc1C2F.N=CN.O=CNCC(=O)N1CC2(CC1C=O)OCCO2. The second-order valence-corrected chi connectivity index (χ2v) is 11.4. The van der Waals surface area contributed by atoms with E-state index in [4.69, 9.17) is 14.9 Å². The van der Waals surface area contributed by atoms with Gasteiger partial charge in [0, 0.05) is 17.8 Å². The first-order chi connectivity index (χ1) is 21.2. The number of nitrogens with two attached hydrogens (primary N) is 1. The minimum Gasteiger partial charge on any atom is -0.390 e. The number of alkyl halides is 1. The molecule has 0 saturated carbocycles. The Bertz CT molecular complexity index is 1410. The zero-order chi connectivity index (χ0) is 32.1. The van der Waals surface area contributed by atoms with Gasteiger partial charge in [0.25, 0.3) is 0 Å². The third kappa shape index (κ3) is 8.79. The van der Waals surface area contributed by atoms with Gasteiger partial charge in [0.1, 0.15) is 6.29 Å². The Hall–Kier alpha value is -3.97. The number of thiophene rings is 1. The van der Waals surface area contributed by atoms with Crippen molar-refractivity contribution in [2.45, 2.75) is 44.8 Å². The standard InChI is InChI=1S/C14H11F.C10H14N2O5.C7H11NS.CH4N2/c1-9-6-7-12-13(8-9)10-4-2-3-5-11(10)14(12)15;13-5-8-3-10(16-1-2-17-10)6-12(8)9(15)4-11-7-14;1-6-3-7(4-8-2)9-5-6;2-1-3/h2-8,14H,1H3;5,7-8H,1-4,6H2,(H,11,14);3,5,8H,4H2,1-2H3;1H,(H3,2,3). The molecule has 2 unspecified atom stereocenters. The summed E-state index contributed by atoms with van der Waals surface area (Å²) < 4.78 is 24.9. The van der Waals surface area contributed by atoms with Gasteiger partial charge < -0.3 is 35.5 Å². The molecule has 44 heavy (non-hydrogen) atoms. The minimum atomic E-state index is -0.947. The number of hydrogen-bond donors (Lipinski definition) is 4. The van der Waals surface area contributed by atoms with Gasteiger partial charge >= 0.3 is 0 Å². The molecule has 5 N–H and O–H groups in total. The van der Waals surface area contributed by atoms with Crippen LogP contribution in [0.1, 0.15) is 39.7 Å². The van der Waals surface area contributed by atoms with Crippen LogP contribution >= 0.6 is 11.3 Å². The number of halogens is 1. The Balaban J connectivity index is 0.000000179. The quantitative estimate of drug-likeness (QED) is 0.186. The van der Waals surface area contributed by atoms with Crippen LogP contribution in [0.3, 0.4) is 0 Å². The number of hydrogen-bond acceptors (Lipinski definition) is 8. The molecule has 2 saturated heterocycles. The number of carbonyl (C=O) groups excluding carboxylic acids is 3. The summed E-state index contributed by atoms with van der Waals surface area (Å²) in [6.45, 7) is 6.21. The highest BCUT2D eigenvalue weighted by atomic mass is 32.1. The number of fused-ring (bicyclic) bond motifs is 3. The van der Waals surface area contributed by atoms with Crippen LogP contribution in [0.5, 0.6) is 0 Å². The molecular formula is C32H40FN5O5S. The van der Waals surface area contributed by atoms with Gasteiger partial charge in [-0.3, -0.25) is 15.0 Å². The lowest BCUT2D eigenvalue weighted by atomic mass is 10.0. The average Bonchev–Trinajstić information content (AvgIpc) is 3.81. The second kappa shape index (κ2) is 16.8. The van der Waals surface area contributed by atoms with Crippen LogP contribution in [0, 0.1) is 19.3 Å². The van der Waals surface area contributed by atoms with E-state index in [0.717, 1.165) is 35.1 Å². The van der Waals surface area contributed by atoms with E-state index in [0.29, 0.717) is 32.3 Å². The van der Waals surface area contributed by atoms with Gasteiger partial charge in [-0.2, -0.15) is 0 Å². The molecule has 3 aromatic rings. The molecule has 236 valence electrons. The Morgan fingerprint density at radius 1 is 1.11 bits per heavy atom. The zero-order valence-corrected chi connectivity index (χ0v) is 26.0. The number of nitrogens with one attached hydrogen (secondary N) is 3. The predicted molar refractivity (Wildman–Crippen MR) is 169 cm³/mol. The highest BCUT2D eigenvalue weighted by Gasteiger charge is 2.49. The van der Waals surface area contributed by atoms with E-state index in [1.54, 1.807) is 0 Å². The molecule has 3 aliphatic rings. The molecule has 2 amide bonds. The maximum absolute atomic E-state index is 14.0. The summed E-state index contributed by atoms with van der Waals surface area (Å²) in [6.07, 6.45) is 1.31. The van der Waals surface area contributed by atoms with Crippen LogP contribution in [-0.4, -0.2) is 75.0 Å². The lowest BCUT2D eigenvalue weighted by Crippen LogP contribution is -2.43. The summed E-state index contributed by atoms with van der Waals surface area (Å²) in [6, 6.07) is 15.3. The maximum Gasteiger partial charge on any atom is 0.242 e. The first-order valence-corrected chi connectivity index (χ1v) is 15.0. The monoisotopic (exact) mass is 625 g/mol. The summed E-state index contributed by atoms with van der Waals surface area (Å²) in [7, 11) is 1.97. The highest BCUT2D eigenvalue weighted by molar-refractivity contribution is 7.10. The fourth-order valence-electron chi connectivity index (χ4n) is 5.21. The molecule has 2 fully saturated rings. The van der Waals surface area contributed by atoms with Gasteiger partial charge in [0.15, 0.2) is 12.0 Å². The predicted octanol–water partition coefficient (Wildman–Crippen LogP) is 3.64. The molecule has 1 aliphatic carbocycles. The number of aryl methyl sites for hydroxylation is 2. The van der Waals surface area contributed by atoms with Crippen molar-refractivity contribution in [1.82, 2.24) is 15.5 Å². The van der Waals surface area contributed by atoms with Gasteiger partial charge in [0.2, 0.25) is 12.3 Å². The molecule has 3 heterocycles. The van der Waals surface area contributed by atoms with Crippen molar-refractivity contribution in [3.8, 4) is 11.1 Å². The Kier molecular flexibility index (Phi) is 13.2. The van der Waals surface area contributed by atoms with Crippen molar-refractivity contribution < 1.29 is 28.2 Å². The van der Waals surface area contributed by atoms with E-state index in [1.807, 2.05) is 61.7 Å². The molecule has 2 aliphatic heterocycles. The van der Waals surface area contributed by atoms with Crippen LogP contribution in [-0.2, 0) is 30.4 Å². The maximum atomic E-state index is 14.0. The van der Waals surface area contributed by atoms with Gasteiger partial charge in [-0.05, 0) is 60.2 Å². The summed E-state index contributed by atoms with van der Waals surface area (Å²) in [4.78, 5) is 35.6. The Morgan fingerprint density at radius 3 is 2.41 bits per heavy atom. The molecule has 2 aromatic carbocycles. The summed E-state index contributed by atoms with van der Waals surface area (Å²) in [5.41, 5.74) is 10.6. The fraction of sp³-hybridized carbons (Fsp3) is 0.375. The second-order valence-electron chi connectivity index (χ2n) is 10.4. The van der Waals surface area contributed by atoms with Crippen molar-refractivity contribution in [2.75, 3.05) is 33.4 Å². The number of amides is 2. The Morgan fingerprint density at radius 2 is 1.80 bits per heavy atom. The van der Waals surface area contributed by atoms with Crippen LogP contribution in [0.4, 0.5) is 4.39 Å². The van der Waals surface area contributed by atoms with Gasteiger partial charge in [-0.25, -0.2) is 4.39 Å². The molecular weight excluding hydrogens is 585 g/mol. The van der Waals surface area contributed by atoms with Crippen molar-refractivity contribution in [2.24, 2.45) is 5.73 Å². The number of likely N-dealkylation sites (tertiary alicyclic amines) is 1. The minimum absolute atomic E-state index is 0.121. The Labute approximate surface area is 261 Å². The number of carbonyl (C=O) groups is 3. The van der Waals surface area contributed by atoms with Crippen molar-refractivity contribution >= 4 is 36.3 Å². The molecule has 12 heteroatoms. The largest absolute Gasteiger partial charge is 0.390 e. The van der Waals surface area contributed by atoms with E-state index in [9.17, 15) is 18.8 Å². The number of nitrogens with zero attached hydrogens (tertiary/aromatic N) is 1. The van der Waals surface area contributed by atoms with Gasteiger partial charge in [-0.1, -0.05) is 48.0 Å². The molecule has 0 bridgehead atoms. The van der Waals surface area contributed by atoms with E-state index < -0.39 is 18.0 Å².